The molecule has 7 rings (SSSR count). The number of carbonyl (C=O) groups is 3. The molecule has 11 heteroatoms. The van der Waals surface area contributed by atoms with Crippen molar-refractivity contribution in [1.82, 2.24) is 0 Å². The summed E-state index contributed by atoms with van der Waals surface area (Å²) in [7, 11) is 0. The summed E-state index contributed by atoms with van der Waals surface area (Å²) in [5.41, 5.74) is 1.15. The number of alkyl halides is 1. The van der Waals surface area contributed by atoms with Gasteiger partial charge in [0.1, 0.15) is 5.54 Å². The number of fused-ring (bicyclic) bond motifs is 1. The Labute approximate surface area is 230 Å². The number of carbonyl (C=O) groups excluding carboxylic acids is 2. The minimum atomic E-state index is -2.73. The lowest BCUT2D eigenvalue weighted by Crippen LogP contribution is -2.61. The van der Waals surface area contributed by atoms with Crippen molar-refractivity contribution in [3.8, 4) is 0 Å². The van der Waals surface area contributed by atoms with E-state index in [1.807, 2.05) is 0 Å². The van der Waals surface area contributed by atoms with Crippen LogP contribution in [0.25, 0.3) is 0 Å². The summed E-state index contributed by atoms with van der Waals surface area (Å²) in [6.45, 7) is 1.09. The Hall–Kier alpha value is -2.66. The van der Waals surface area contributed by atoms with Gasteiger partial charge in [0.05, 0.1) is 18.1 Å². The first-order valence-electron chi connectivity index (χ1n) is 13.6. The molecular formula is C29H36F3NO7. The number of esters is 2. The first kappa shape index (κ1) is 28.9. The molecule has 1 aromatic carbocycles. The summed E-state index contributed by atoms with van der Waals surface area (Å²) in [4.78, 5) is 38.3. The number of rotatable bonds is 8. The lowest BCUT2D eigenvalue weighted by Gasteiger charge is -2.55. The van der Waals surface area contributed by atoms with Crippen LogP contribution in [0, 0.1) is 46.6 Å². The van der Waals surface area contributed by atoms with Gasteiger partial charge in [-0.3, -0.25) is 4.79 Å². The van der Waals surface area contributed by atoms with Crippen molar-refractivity contribution in [3.05, 3.63) is 35.4 Å². The van der Waals surface area contributed by atoms with Gasteiger partial charge in [0.15, 0.2) is 11.6 Å². The number of carboxylic acids is 1. The summed E-state index contributed by atoms with van der Waals surface area (Å²) < 4.78 is 58.9. The number of nitrogens with two attached hydrogens (primary N) is 1. The van der Waals surface area contributed by atoms with Crippen molar-refractivity contribution >= 4 is 17.9 Å². The van der Waals surface area contributed by atoms with Crippen LogP contribution >= 0.6 is 0 Å². The van der Waals surface area contributed by atoms with E-state index >= 15 is 4.39 Å². The number of hydrogen-bond donors (Lipinski definition) is 2. The van der Waals surface area contributed by atoms with Crippen molar-refractivity contribution in [2.75, 3.05) is 0 Å². The zero-order chi connectivity index (χ0) is 27.9. The summed E-state index contributed by atoms with van der Waals surface area (Å²) in [6.07, 6.45) is 2.99. The van der Waals surface area contributed by atoms with E-state index < -0.39 is 70.4 Å². The van der Waals surface area contributed by atoms with Crippen molar-refractivity contribution < 1.29 is 46.9 Å². The summed E-state index contributed by atoms with van der Waals surface area (Å²) in [5, 5.41) is 9.47. The van der Waals surface area contributed by atoms with Gasteiger partial charge in [-0.2, -0.15) is 0 Å². The normalized spacial score (nSPS) is 41.0. The highest BCUT2D eigenvalue weighted by Gasteiger charge is 2.85. The van der Waals surface area contributed by atoms with Crippen LogP contribution in [0.3, 0.4) is 0 Å². The maximum Gasteiger partial charge on any atom is 0.342 e. The fourth-order valence-electron chi connectivity index (χ4n) is 8.53. The Morgan fingerprint density at radius 2 is 1.57 bits per heavy atom. The van der Waals surface area contributed by atoms with Gasteiger partial charge in [0.25, 0.3) is 0 Å². The summed E-state index contributed by atoms with van der Waals surface area (Å²) >= 11 is 0. The van der Waals surface area contributed by atoms with Gasteiger partial charge in [-0.05, 0) is 80.4 Å². The molecule has 0 aromatic heterocycles. The number of halogens is 3. The average Bonchev–Trinajstić information content (AvgIpc) is 3.34. The number of aliphatic carboxylic acids is 1. The van der Waals surface area contributed by atoms with E-state index in [0.717, 1.165) is 50.7 Å². The molecule has 6 saturated carbocycles. The highest BCUT2D eigenvalue weighted by atomic mass is 19.2. The highest BCUT2D eigenvalue weighted by molar-refractivity contribution is 5.91. The Morgan fingerprint density at radius 3 is 2.12 bits per heavy atom. The molecule has 0 radical (unpaired) electrons. The average molecular weight is 568 g/mol. The van der Waals surface area contributed by atoms with Gasteiger partial charge in [-0.15, -0.1) is 0 Å². The van der Waals surface area contributed by atoms with Crippen LogP contribution in [-0.4, -0.2) is 46.6 Å². The Morgan fingerprint density at radius 1 is 1.00 bits per heavy atom. The van der Waals surface area contributed by atoms with Gasteiger partial charge >= 0.3 is 17.9 Å². The summed E-state index contributed by atoms with van der Waals surface area (Å²) in [5.74, 6) is -6.44. The number of hydrogen-bond acceptors (Lipinski definition) is 7. The van der Waals surface area contributed by atoms with E-state index in [0.29, 0.717) is 17.8 Å². The van der Waals surface area contributed by atoms with E-state index in [2.05, 4.69) is 0 Å². The molecule has 1 aromatic rings. The van der Waals surface area contributed by atoms with Gasteiger partial charge in [0.2, 0.25) is 12.0 Å². The molecule has 6 aliphatic rings. The van der Waals surface area contributed by atoms with Crippen LogP contribution in [0.5, 0.6) is 0 Å². The molecule has 8 nitrogen and oxygen atoms in total. The summed E-state index contributed by atoms with van der Waals surface area (Å²) in [6, 6.07) is 3.12. The van der Waals surface area contributed by atoms with Crippen molar-refractivity contribution in [3.63, 3.8) is 0 Å². The zero-order valence-corrected chi connectivity index (χ0v) is 21.5. The largest absolute Gasteiger partial charge is 0.479 e. The first-order valence-corrected chi connectivity index (χ1v) is 13.6. The minimum absolute atomic E-state index is 0. The predicted octanol–water partition coefficient (Wildman–Crippen LogP) is 4.28. The maximum absolute atomic E-state index is 15.3. The Kier molecular flexibility index (Phi) is 7.01. The second-order valence-corrected chi connectivity index (χ2v) is 12.5. The monoisotopic (exact) mass is 567 g/mol. The van der Waals surface area contributed by atoms with E-state index in [1.54, 1.807) is 0 Å². The van der Waals surface area contributed by atoms with Gasteiger partial charge in [-0.1, -0.05) is 13.5 Å². The van der Waals surface area contributed by atoms with E-state index in [1.165, 1.54) is 13.0 Å². The third-order valence-electron chi connectivity index (χ3n) is 9.93. The van der Waals surface area contributed by atoms with Crippen LogP contribution in [0.1, 0.15) is 64.9 Å². The molecule has 40 heavy (non-hydrogen) atoms. The third kappa shape index (κ3) is 4.31. The van der Waals surface area contributed by atoms with Crippen LogP contribution < -0.4 is 5.73 Å². The molecule has 0 unspecified atom stereocenters. The van der Waals surface area contributed by atoms with E-state index in [4.69, 9.17) is 19.9 Å². The smallest absolute Gasteiger partial charge is 0.342 e. The third-order valence-corrected chi connectivity index (χ3v) is 9.93. The first-order chi connectivity index (χ1) is 18.4. The molecule has 4 bridgehead atoms. The number of ether oxygens (including phenoxy) is 3. The highest BCUT2D eigenvalue weighted by Crippen LogP contribution is 2.67. The second kappa shape index (κ2) is 9.72. The lowest BCUT2D eigenvalue weighted by molar-refractivity contribution is -0.206. The Bertz CT molecular complexity index is 1190. The zero-order valence-electron chi connectivity index (χ0n) is 21.5. The van der Waals surface area contributed by atoms with Gasteiger partial charge in [-0.25, -0.2) is 22.8 Å². The standard InChI is InChI=1S/C28H32F3NO7.CH4/c1-13(38-24(35)26-9-15-4-16(10-26)6-17(5-15)11-26)39-25(36)28(32)21(8-18-22(28)27(18,31)23(33)34)37-12-14-2-3-19(29)20(30)7-14;/h2-3,7,13,15-18,21-22H,4-6,8-12,32H2,1H3,(H,33,34);1H4/t13-,15?,16?,17?,18+,21+,22-,26?,27+,28-;/m0./s1. The molecule has 0 saturated heterocycles. The maximum atomic E-state index is 15.3. The quantitative estimate of drug-likeness (QED) is 0.352. The van der Waals surface area contributed by atoms with Crippen molar-refractivity contribution in [1.29, 1.82) is 0 Å². The van der Waals surface area contributed by atoms with E-state index in [9.17, 15) is 28.3 Å². The van der Waals surface area contributed by atoms with Crippen LogP contribution in [0.2, 0.25) is 0 Å². The fourth-order valence-corrected chi connectivity index (χ4v) is 8.53. The van der Waals surface area contributed by atoms with E-state index in [-0.39, 0.29) is 26.0 Å². The SMILES string of the molecule is C.C[C@@H](OC(=O)C12CC3CC(CC(C3)C1)C2)OC(=O)[C@@]1(N)[C@H]2[C@@H](C[C@H]1OCc1ccc(F)c(F)c1)[C@]2(F)C(=O)O. The topological polar surface area (TPSA) is 125 Å². The molecule has 6 fully saturated rings. The van der Waals surface area contributed by atoms with Crippen molar-refractivity contribution in [2.24, 2.45) is 40.7 Å². The predicted molar refractivity (Wildman–Crippen MR) is 134 cm³/mol. The molecule has 6 atom stereocenters. The molecular weight excluding hydrogens is 531 g/mol. The molecule has 3 N–H and O–H groups in total. The van der Waals surface area contributed by atoms with Crippen molar-refractivity contribution in [2.45, 2.75) is 89.5 Å². The molecule has 0 amide bonds. The van der Waals surface area contributed by atoms with Gasteiger partial charge < -0.3 is 25.1 Å². The number of carboxylic acid groups (broad SMARTS) is 1. The molecule has 220 valence electrons. The second-order valence-electron chi connectivity index (χ2n) is 12.5. The van der Waals surface area contributed by atoms with Crippen LogP contribution in [-0.2, 0) is 35.2 Å². The molecule has 6 aliphatic carbocycles. The number of benzene rings is 1. The van der Waals surface area contributed by atoms with Crippen LogP contribution in [0.4, 0.5) is 13.2 Å². The fraction of sp³-hybridized carbons (Fsp3) is 0.690. The Balaban J connectivity index is 0.00000323. The molecule has 0 heterocycles. The minimum Gasteiger partial charge on any atom is -0.479 e. The lowest BCUT2D eigenvalue weighted by atomic mass is 9.49. The van der Waals surface area contributed by atoms with Gasteiger partial charge in [0, 0.05) is 18.8 Å². The molecule has 0 aliphatic heterocycles. The van der Waals surface area contributed by atoms with Crippen LogP contribution in [0.15, 0.2) is 18.2 Å². The molecule has 0 spiro atoms.